The molecule has 29 heavy (non-hydrogen) atoms. The van der Waals surface area contributed by atoms with E-state index >= 15 is 0 Å². The van der Waals surface area contributed by atoms with Gasteiger partial charge in [-0.1, -0.05) is 55.0 Å². The molecule has 0 aromatic heterocycles. The number of nitrogens with one attached hydrogen (secondary N) is 1. The molecule has 2 aromatic rings. The molecule has 2 amide bonds. The van der Waals surface area contributed by atoms with Crippen molar-refractivity contribution < 1.29 is 14.3 Å². The van der Waals surface area contributed by atoms with Crippen LogP contribution in [-0.2, 0) is 16.0 Å². The van der Waals surface area contributed by atoms with Gasteiger partial charge in [-0.2, -0.15) is 0 Å². The highest BCUT2D eigenvalue weighted by atomic mass is 16.5. The summed E-state index contributed by atoms with van der Waals surface area (Å²) in [5.41, 5.74) is 2.25. The second-order valence-corrected chi connectivity index (χ2v) is 7.42. The smallest absolute Gasteiger partial charge is 0.261 e. The number of ether oxygens (including phenoxy) is 1. The Labute approximate surface area is 174 Å². The molecule has 0 radical (unpaired) electrons. The fourth-order valence-electron chi connectivity index (χ4n) is 2.90. The van der Waals surface area contributed by atoms with E-state index in [1.807, 2.05) is 75.4 Å². The van der Waals surface area contributed by atoms with E-state index in [9.17, 15) is 9.59 Å². The molecule has 0 bridgehead atoms. The Morgan fingerprint density at radius 3 is 2.31 bits per heavy atom. The summed E-state index contributed by atoms with van der Waals surface area (Å²) in [7, 11) is 0. The number of hydrogen-bond donors (Lipinski definition) is 1. The van der Waals surface area contributed by atoms with E-state index in [0.717, 1.165) is 17.5 Å². The standard InChI is InChI=1S/C24H32N2O3/c1-5-19(3)25-24(28)20(4)26(16-15-21-9-7-6-8-10-21)23(27)17-29-22-13-11-18(2)12-14-22/h6-14,19-20H,5,15-17H2,1-4H3,(H,25,28). The summed E-state index contributed by atoms with van der Waals surface area (Å²) in [6, 6.07) is 17.0. The Hall–Kier alpha value is -2.82. The van der Waals surface area contributed by atoms with Crippen molar-refractivity contribution in [2.75, 3.05) is 13.2 Å². The quantitative estimate of drug-likeness (QED) is 0.665. The predicted octanol–water partition coefficient (Wildman–Crippen LogP) is 3.75. The summed E-state index contributed by atoms with van der Waals surface area (Å²) in [5.74, 6) is 0.299. The van der Waals surface area contributed by atoms with Crippen LogP contribution in [0.5, 0.6) is 5.75 Å². The van der Waals surface area contributed by atoms with Crippen molar-refractivity contribution in [3.63, 3.8) is 0 Å². The molecule has 0 aliphatic rings. The number of amides is 2. The van der Waals surface area contributed by atoms with Crippen LogP contribution in [0.25, 0.3) is 0 Å². The van der Waals surface area contributed by atoms with Crippen molar-refractivity contribution >= 4 is 11.8 Å². The van der Waals surface area contributed by atoms with Crippen LogP contribution < -0.4 is 10.1 Å². The van der Waals surface area contributed by atoms with E-state index < -0.39 is 6.04 Å². The Bertz CT molecular complexity index is 774. The van der Waals surface area contributed by atoms with Crippen molar-refractivity contribution in [1.82, 2.24) is 10.2 Å². The van der Waals surface area contributed by atoms with Gasteiger partial charge in [0.1, 0.15) is 11.8 Å². The van der Waals surface area contributed by atoms with Gasteiger partial charge in [0.05, 0.1) is 0 Å². The summed E-state index contributed by atoms with van der Waals surface area (Å²) in [5, 5.41) is 2.97. The number of aryl methyl sites for hydroxylation is 1. The molecular formula is C24H32N2O3. The van der Waals surface area contributed by atoms with Gasteiger partial charge in [-0.15, -0.1) is 0 Å². The molecule has 0 heterocycles. The SMILES string of the molecule is CCC(C)NC(=O)C(C)N(CCc1ccccc1)C(=O)COc1ccc(C)cc1. The predicted molar refractivity (Wildman–Crippen MR) is 116 cm³/mol. The van der Waals surface area contributed by atoms with Gasteiger partial charge in [-0.05, 0) is 51.3 Å². The van der Waals surface area contributed by atoms with Crippen LogP contribution in [-0.4, -0.2) is 41.9 Å². The van der Waals surface area contributed by atoms with Gasteiger partial charge in [-0.25, -0.2) is 0 Å². The van der Waals surface area contributed by atoms with Crippen molar-refractivity contribution in [2.45, 2.75) is 52.6 Å². The zero-order valence-electron chi connectivity index (χ0n) is 17.9. The lowest BCUT2D eigenvalue weighted by Gasteiger charge is -2.29. The maximum Gasteiger partial charge on any atom is 0.261 e. The number of carbonyl (C=O) groups excluding carboxylic acids is 2. The number of carbonyl (C=O) groups is 2. The third kappa shape index (κ3) is 7.26. The summed E-state index contributed by atoms with van der Waals surface area (Å²) in [4.78, 5) is 27.2. The average molecular weight is 397 g/mol. The maximum absolute atomic E-state index is 12.9. The van der Waals surface area contributed by atoms with Gasteiger partial charge in [0.2, 0.25) is 5.91 Å². The normalized spacial score (nSPS) is 12.7. The molecule has 0 saturated heterocycles. The Morgan fingerprint density at radius 1 is 1.03 bits per heavy atom. The minimum absolute atomic E-state index is 0.0693. The molecule has 0 saturated carbocycles. The zero-order valence-corrected chi connectivity index (χ0v) is 17.9. The highest BCUT2D eigenvalue weighted by molar-refractivity contribution is 5.88. The Morgan fingerprint density at radius 2 is 1.69 bits per heavy atom. The Kier molecular flexibility index (Phi) is 8.71. The average Bonchev–Trinajstić information content (AvgIpc) is 2.73. The van der Waals surface area contributed by atoms with Crippen molar-refractivity contribution in [2.24, 2.45) is 0 Å². The molecular weight excluding hydrogens is 364 g/mol. The van der Waals surface area contributed by atoms with Crippen LogP contribution >= 0.6 is 0 Å². The van der Waals surface area contributed by atoms with E-state index in [0.29, 0.717) is 18.7 Å². The third-order valence-corrected chi connectivity index (χ3v) is 5.04. The minimum atomic E-state index is -0.568. The largest absolute Gasteiger partial charge is 0.484 e. The number of hydrogen-bond acceptors (Lipinski definition) is 3. The van der Waals surface area contributed by atoms with Gasteiger partial charge in [0.15, 0.2) is 6.61 Å². The fourth-order valence-corrected chi connectivity index (χ4v) is 2.90. The Balaban J connectivity index is 2.05. The summed E-state index contributed by atoms with van der Waals surface area (Å²) in [6.07, 6.45) is 1.52. The second kappa shape index (κ2) is 11.2. The van der Waals surface area contributed by atoms with E-state index in [4.69, 9.17) is 4.74 Å². The zero-order chi connectivity index (χ0) is 21.2. The number of nitrogens with zero attached hydrogens (tertiary/aromatic N) is 1. The van der Waals surface area contributed by atoms with Crippen molar-refractivity contribution in [3.8, 4) is 5.75 Å². The first kappa shape index (κ1) is 22.5. The molecule has 2 rings (SSSR count). The molecule has 0 spiro atoms. The van der Waals surface area contributed by atoms with Crippen LogP contribution in [0.2, 0.25) is 0 Å². The van der Waals surface area contributed by atoms with Crippen LogP contribution in [0.1, 0.15) is 38.3 Å². The van der Waals surface area contributed by atoms with Crippen LogP contribution in [0.15, 0.2) is 54.6 Å². The first-order valence-corrected chi connectivity index (χ1v) is 10.2. The van der Waals surface area contributed by atoms with Gasteiger partial charge in [-0.3, -0.25) is 9.59 Å². The molecule has 2 atom stereocenters. The summed E-state index contributed by atoms with van der Waals surface area (Å²) >= 11 is 0. The van der Waals surface area contributed by atoms with Gasteiger partial charge in [0, 0.05) is 12.6 Å². The minimum Gasteiger partial charge on any atom is -0.484 e. The summed E-state index contributed by atoms with van der Waals surface area (Å²) < 4.78 is 5.67. The van der Waals surface area contributed by atoms with Gasteiger partial charge in [0.25, 0.3) is 5.91 Å². The lowest BCUT2D eigenvalue weighted by molar-refractivity contribution is -0.141. The first-order valence-electron chi connectivity index (χ1n) is 10.2. The summed E-state index contributed by atoms with van der Waals surface area (Å²) in [6.45, 7) is 8.10. The van der Waals surface area contributed by atoms with E-state index in [2.05, 4.69) is 5.32 Å². The van der Waals surface area contributed by atoms with E-state index in [-0.39, 0.29) is 24.5 Å². The highest BCUT2D eigenvalue weighted by Crippen LogP contribution is 2.13. The second-order valence-electron chi connectivity index (χ2n) is 7.42. The molecule has 5 heteroatoms. The monoisotopic (exact) mass is 396 g/mol. The molecule has 0 aliphatic carbocycles. The topological polar surface area (TPSA) is 58.6 Å². The maximum atomic E-state index is 12.9. The lowest BCUT2D eigenvalue weighted by atomic mass is 10.1. The van der Waals surface area contributed by atoms with Crippen LogP contribution in [0, 0.1) is 6.92 Å². The first-order chi connectivity index (χ1) is 13.9. The van der Waals surface area contributed by atoms with Gasteiger partial charge >= 0.3 is 0 Å². The molecule has 0 aliphatic heterocycles. The van der Waals surface area contributed by atoms with E-state index in [1.54, 1.807) is 11.8 Å². The molecule has 0 fully saturated rings. The van der Waals surface area contributed by atoms with Crippen LogP contribution in [0.3, 0.4) is 0 Å². The molecule has 156 valence electrons. The van der Waals surface area contributed by atoms with Gasteiger partial charge < -0.3 is 15.0 Å². The lowest BCUT2D eigenvalue weighted by Crippen LogP contribution is -2.51. The molecule has 5 nitrogen and oxygen atoms in total. The van der Waals surface area contributed by atoms with E-state index in [1.165, 1.54) is 0 Å². The molecule has 1 N–H and O–H groups in total. The molecule has 2 unspecified atom stereocenters. The van der Waals surface area contributed by atoms with Crippen molar-refractivity contribution in [1.29, 1.82) is 0 Å². The van der Waals surface area contributed by atoms with Crippen molar-refractivity contribution in [3.05, 3.63) is 65.7 Å². The highest BCUT2D eigenvalue weighted by Gasteiger charge is 2.26. The number of benzene rings is 2. The van der Waals surface area contributed by atoms with Crippen LogP contribution in [0.4, 0.5) is 0 Å². The third-order valence-electron chi connectivity index (χ3n) is 5.04. The fraction of sp³-hybridized carbons (Fsp3) is 0.417. The molecule has 2 aromatic carbocycles. The number of rotatable bonds is 10.